The summed E-state index contributed by atoms with van der Waals surface area (Å²) >= 11 is 0. The molecular weight excluding hydrogens is 234 g/mol. The monoisotopic (exact) mass is 255 g/mol. The van der Waals surface area contributed by atoms with Crippen molar-refractivity contribution in [3.05, 3.63) is 42.1 Å². The zero-order chi connectivity index (χ0) is 13.1. The van der Waals surface area contributed by atoms with Crippen LogP contribution in [-0.4, -0.2) is 29.0 Å². The van der Waals surface area contributed by atoms with Crippen LogP contribution >= 0.6 is 0 Å². The lowest BCUT2D eigenvalue weighted by molar-refractivity contribution is 0.123. The molecule has 2 aromatic rings. The Hall–Kier alpha value is -1.45. The molecule has 1 saturated carbocycles. The van der Waals surface area contributed by atoms with Gasteiger partial charge in [-0.25, -0.2) is 0 Å². The van der Waals surface area contributed by atoms with E-state index < -0.39 is 0 Å². The Morgan fingerprint density at radius 3 is 2.89 bits per heavy atom. The standard InChI is InChI=1S/C16H21N3/c17-8-10-19(15-4-1-5-15)12-13-6-7-16-14(11-13)3-2-9-18-16/h2-3,6-7,9,11,15H,1,4-5,8,10,12,17H2. The molecule has 3 heteroatoms. The van der Waals surface area contributed by atoms with E-state index >= 15 is 0 Å². The van der Waals surface area contributed by atoms with Gasteiger partial charge in [0.2, 0.25) is 0 Å². The van der Waals surface area contributed by atoms with Crippen LogP contribution in [0.3, 0.4) is 0 Å². The summed E-state index contributed by atoms with van der Waals surface area (Å²) in [6, 6.07) is 11.4. The molecule has 0 saturated heterocycles. The second kappa shape index (κ2) is 5.68. The summed E-state index contributed by atoms with van der Waals surface area (Å²) in [5.41, 5.74) is 8.17. The van der Waals surface area contributed by atoms with E-state index in [-0.39, 0.29) is 0 Å². The van der Waals surface area contributed by atoms with E-state index in [9.17, 15) is 0 Å². The third kappa shape index (κ3) is 2.77. The van der Waals surface area contributed by atoms with E-state index in [0.717, 1.165) is 31.2 Å². The van der Waals surface area contributed by atoms with Gasteiger partial charge in [0.1, 0.15) is 0 Å². The van der Waals surface area contributed by atoms with Gasteiger partial charge in [-0.2, -0.15) is 0 Å². The van der Waals surface area contributed by atoms with Gasteiger partial charge in [-0.15, -0.1) is 0 Å². The molecule has 0 spiro atoms. The molecule has 19 heavy (non-hydrogen) atoms. The molecule has 3 rings (SSSR count). The van der Waals surface area contributed by atoms with Crippen LogP contribution in [0.15, 0.2) is 36.5 Å². The Morgan fingerprint density at radius 2 is 2.16 bits per heavy atom. The largest absolute Gasteiger partial charge is 0.329 e. The van der Waals surface area contributed by atoms with Crippen LogP contribution < -0.4 is 5.73 Å². The van der Waals surface area contributed by atoms with Crippen molar-refractivity contribution >= 4 is 10.9 Å². The Balaban J connectivity index is 1.78. The van der Waals surface area contributed by atoms with Crippen LogP contribution in [-0.2, 0) is 6.54 Å². The maximum atomic E-state index is 5.74. The Kier molecular flexibility index (Phi) is 3.76. The predicted molar refractivity (Wildman–Crippen MR) is 78.8 cm³/mol. The summed E-state index contributed by atoms with van der Waals surface area (Å²) in [5.74, 6) is 0. The predicted octanol–water partition coefficient (Wildman–Crippen LogP) is 2.55. The average molecular weight is 255 g/mol. The fourth-order valence-corrected chi connectivity index (χ4v) is 2.77. The van der Waals surface area contributed by atoms with Gasteiger partial charge in [0.15, 0.2) is 0 Å². The van der Waals surface area contributed by atoms with Gasteiger partial charge in [0, 0.05) is 37.3 Å². The van der Waals surface area contributed by atoms with Gasteiger partial charge < -0.3 is 5.73 Å². The zero-order valence-corrected chi connectivity index (χ0v) is 11.3. The second-order valence-electron chi connectivity index (χ2n) is 5.37. The molecule has 0 radical (unpaired) electrons. The van der Waals surface area contributed by atoms with Gasteiger partial charge in [-0.3, -0.25) is 9.88 Å². The number of rotatable bonds is 5. The van der Waals surface area contributed by atoms with Crippen LogP contribution in [0.4, 0.5) is 0 Å². The number of hydrogen-bond donors (Lipinski definition) is 1. The molecule has 0 aliphatic heterocycles. The van der Waals surface area contributed by atoms with Gasteiger partial charge in [-0.05, 0) is 36.6 Å². The van der Waals surface area contributed by atoms with Crippen LogP contribution in [0.25, 0.3) is 10.9 Å². The van der Waals surface area contributed by atoms with Crippen LogP contribution in [0, 0.1) is 0 Å². The molecule has 0 atom stereocenters. The molecule has 1 aromatic heterocycles. The number of benzene rings is 1. The van der Waals surface area contributed by atoms with E-state index in [1.165, 1.54) is 30.2 Å². The summed E-state index contributed by atoms with van der Waals surface area (Å²) in [6.07, 6.45) is 5.87. The van der Waals surface area contributed by atoms with Crippen molar-refractivity contribution in [3.8, 4) is 0 Å². The molecule has 1 heterocycles. The SMILES string of the molecule is NCCN(Cc1ccc2ncccc2c1)C1CCC1. The lowest BCUT2D eigenvalue weighted by Gasteiger charge is -2.37. The highest BCUT2D eigenvalue weighted by molar-refractivity contribution is 5.78. The minimum Gasteiger partial charge on any atom is -0.329 e. The van der Waals surface area contributed by atoms with E-state index in [2.05, 4.69) is 34.1 Å². The van der Waals surface area contributed by atoms with Gasteiger partial charge in [0.05, 0.1) is 5.52 Å². The lowest BCUT2D eigenvalue weighted by Crippen LogP contribution is -2.42. The molecule has 1 aliphatic carbocycles. The van der Waals surface area contributed by atoms with Crippen molar-refractivity contribution in [2.45, 2.75) is 31.8 Å². The third-order valence-corrected chi connectivity index (χ3v) is 4.06. The van der Waals surface area contributed by atoms with Crippen molar-refractivity contribution in [2.75, 3.05) is 13.1 Å². The lowest BCUT2D eigenvalue weighted by atomic mass is 9.91. The molecule has 1 aromatic carbocycles. The van der Waals surface area contributed by atoms with Crippen LogP contribution in [0.2, 0.25) is 0 Å². The molecule has 100 valence electrons. The second-order valence-corrected chi connectivity index (χ2v) is 5.37. The first-order valence-corrected chi connectivity index (χ1v) is 7.14. The van der Waals surface area contributed by atoms with E-state index in [4.69, 9.17) is 5.73 Å². The Labute approximate surface area is 114 Å². The Morgan fingerprint density at radius 1 is 1.26 bits per heavy atom. The molecule has 0 bridgehead atoms. The van der Waals surface area contributed by atoms with Crippen molar-refractivity contribution in [3.63, 3.8) is 0 Å². The normalized spacial score (nSPS) is 15.9. The highest BCUT2D eigenvalue weighted by Crippen LogP contribution is 2.26. The van der Waals surface area contributed by atoms with Crippen molar-refractivity contribution < 1.29 is 0 Å². The number of nitrogens with zero attached hydrogens (tertiary/aromatic N) is 2. The topological polar surface area (TPSA) is 42.1 Å². The van der Waals surface area contributed by atoms with E-state index in [1.807, 2.05) is 12.3 Å². The highest BCUT2D eigenvalue weighted by Gasteiger charge is 2.24. The fourth-order valence-electron chi connectivity index (χ4n) is 2.77. The van der Waals surface area contributed by atoms with Crippen molar-refractivity contribution in [1.82, 2.24) is 9.88 Å². The van der Waals surface area contributed by atoms with Crippen molar-refractivity contribution in [1.29, 1.82) is 0 Å². The van der Waals surface area contributed by atoms with Crippen LogP contribution in [0.5, 0.6) is 0 Å². The number of fused-ring (bicyclic) bond motifs is 1. The van der Waals surface area contributed by atoms with Gasteiger partial charge >= 0.3 is 0 Å². The average Bonchev–Trinajstić information content (AvgIpc) is 2.37. The smallest absolute Gasteiger partial charge is 0.0702 e. The number of pyridine rings is 1. The maximum Gasteiger partial charge on any atom is 0.0702 e. The summed E-state index contributed by atoms with van der Waals surface area (Å²) in [5, 5.41) is 1.22. The number of hydrogen-bond acceptors (Lipinski definition) is 3. The molecule has 3 nitrogen and oxygen atoms in total. The molecule has 0 amide bonds. The van der Waals surface area contributed by atoms with Gasteiger partial charge in [0.25, 0.3) is 0 Å². The van der Waals surface area contributed by atoms with Gasteiger partial charge in [-0.1, -0.05) is 18.6 Å². The Bertz CT molecular complexity index is 548. The molecule has 0 unspecified atom stereocenters. The maximum absolute atomic E-state index is 5.74. The summed E-state index contributed by atoms with van der Waals surface area (Å²) in [7, 11) is 0. The number of aromatic nitrogens is 1. The fraction of sp³-hybridized carbons (Fsp3) is 0.438. The van der Waals surface area contributed by atoms with Crippen molar-refractivity contribution in [2.24, 2.45) is 5.73 Å². The molecule has 2 N–H and O–H groups in total. The summed E-state index contributed by atoms with van der Waals surface area (Å²) < 4.78 is 0. The minimum absolute atomic E-state index is 0.742. The molecule has 1 fully saturated rings. The quantitative estimate of drug-likeness (QED) is 0.892. The number of nitrogens with two attached hydrogens (primary N) is 1. The zero-order valence-electron chi connectivity index (χ0n) is 11.3. The van der Waals surface area contributed by atoms with E-state index in [1.54, 1.807) is 0 Å². The minimum atomic E-state index is 0.742. The summed E-state index contributed by atoms with van der Waals surface area (Å²) in [4.78, 5) is 6.90. The van der Waals surface area contributed by atoms with Crippen LogP contribution in [0.1, 0.15) is 24.8 Å². The highest BCUT2D eigenvalue weighted by atomic mass is 15.2. The first-order chi connectivity index (χ1) is 9.36. The first-order valence-electron chi connectivity index (χ1n) is 7.14. The van der Waals surface area contributed by atoms with E-state index in [0.29, 0.717) is 0 Å². The third-order valence-electron chi connectivity index (χ3n) is 4.06. The first kappa shape index (κ1) is 12.6. The molecule has 1 aliphatic rings. The molecular formula is C16H21N3. The summed E-state index contributed by atoms with van der Waals surface area (Å²) in [6.45, 7) is 2.74.